The summed E-state index contributed by atoms with van der Waals surface area (Å²) < 4.78 is 21.4. The zero-order chi connectivity index (χ0) is 21.7. The zero-order valence-corrected chi connectivity index (χ0v) is 17.5. The first-order chi connectivity index (χ1) is 14.4. The van der Waals surface area contributed by atoms with E-state index in [1.807, 2.05) is 6.92 Å². The first-order valence-corrected chi connectivity index (χ1v) is 9.67. The Balaban J connectivity index is 1.94. The Morgan fingerprint density at radius 1 is 1.13 bits per heavy atom. The number of nitrogens with zero attached hydrogens (tertiary/aromatic N) is 1. The van der Waals surface area contributed by atoms with Crippen molar-refractivity contribution in [1.29, 1.82) is 0 Å². The molecule has 2 aromatic carbocycles. The quantitative estimate of drug-likeness (QED) is 0.368. The Labute approximate surface area is 178 Å². The summed E-state index contributed by atoms with van der Waals surface area (Å²) in [6.45, 7) is 3.91. The number of hydrogen-bond acceptors (Lipinski definition) is 7. The highest BCUT2D eigenvalue weighted by atomic mass is 35.5. The maximum atomic E-state index is 12.3. The number of ether oxygens (including phenoxy) is 4. The van der Waals surface area contributed by atoms with Crippen molar-refractivity contribution in [3.05, 3.63) is 58.2 Å². The summed E-state index contributed by atoms with van der Waals surface area (Å²) in [5.74, 6) is 0.308. The van der Waals surface area contributed by atoms with E-state index in [1.165, 1.54) is 7.11 Å². The predicted octanol–water partition coefficient (Wildman–Crippen LogP) is 4.41. The van der Waals surface area contributed by atoms with E-state index in [2.05, 4.69) is 4.99 Å². The minimum Gasteiger partial charge on any atom is -0.496 e. The van der Waals surface area contributed by atoms with E-state index >= 15 is 0 Å². The molecule has 0 bridgehead atoms. The Hall–Kier alpha value is -3.32. The second kappa shape index (κ2) is 9.45. The van der Waals surface area contributed by atoms with Gasteiger partial charge in [-0.2, -0.15) is 0 Å². The largest absolute Gasteiger partial charge is 0.496 e. The van der Waals surface area contributed by atoms with Crippen LogP contribution in [0.5, 0.6) is 17.2 Å². The third kappa shape index (κ3) is 4.80. The highest BCUT2D eigenvalue weighted by molar-refractivity contribution is 6.31. The van der Waals surface area contributed by atoms with Gasteiger partial charge in [0.25, 0.3) is 0 Å². The molecular formula is C22H20ClNO6. The lowest BCUT2D eigenvalue weighted by Crippen LogP contribution is -2.07. The number of methoxy groups -OCH3 is 1. The summed E-state index contributed by atoms with van der Waals surface area (Å²) in [5.41, 5.74) is 1.20. The van der Waals surface area contributed by atoms with E-state index < -0.39 is 5.97 Å². The Morgan fingerprint density at radius 3 is 2.60 bits per heavy atom. The van der Waals surface area contributed by atoms with Crippen molar-refractivity contribution in [2.75, 3.05) is 13.7 Å². The van der Waals surface area contributed by atoms with Gasteiger partial charge in [0.1, 0.15) is 5.75 Å². The minimum atomic E-state index is -0.605. The van der Waals surface area contributed by atoms with Crippen molar-refractivity contribution >= 4 is 35.5 Å². The number of rotatable bonds is 7. The molecule has 0 N–H and O–H groups in total. The van der Waals surface area contributed by atoms with Crippen LogP contribution in [0.2, 0.25) is 5.02 Å². The summed E-state index contributed by atoms with van der Waals surface area (Å²) in [5, 5.41) is 0.459. The lowest BCUT2D eigenvalue weighted by Gasteiger charge is -2.10. The van der Waals surface area contributed by atoms with Gasteiger partial charge in [0.05, 0.1) is 19.3 Å². The smallest absolute Gasteiger partial charge is 0.363 e. The van der Waals surface area contributed by atoms with Gasteiger partial charge in [0.2, 0.25) is 5.90 Å². The number of benzene rings is 2. The number of cyclic esters (lactones) is 1. The molecule has 0 atom stereocenters. The van der Waals surface area contributed by atoms with E-state index in [9.17, 15) is 9.59 Å². The second-order valence-electron chi connectivity index (χ2n) is 6.15. The first-order valence-electron chi connectivity index (χ1n) is 9.29. The van der Waals surface area contributed by atoms with Crippen LogP contribution in [0.15, 0.2) is 47.1 Å². The van der Waals surface area contributed by atoms with E-state index in [4.69, 9.17) is 30.5 Å². The molecule has 1 heterocycles. The molecule has 0 saturated heterocycles. The molecule has 0 radical (unpaired) electrons. The average molecular weight is 430 g/mol. The standard InChI is InChI=1S/C22H20ClNO6/c1-4-20(25)29-18-8-6-13(11-19(18)28-5-2)10-16-22(26)30-21(24-16)15-12-14(23)7-9-17(15)27-3/h6-12H,4-5H2,1-3H3/b16-10-. The molecule has 0 saturated carbocycles. The number of aliphatic imine (C=N–C) groups is 1. The topological polar surface area (TPSA) is 83.4 Å². The van der Waals surface area contributed by atoms with Crippen LogP contribution in [0.1, 0.15) is 31.4 Å². The van der Waals surface area contributed by atoms with Crippen LogP contribution >= 0.6 is 11.6 Å². The fraction of sp³-hybridized carbons (Fsp3) is 0.227. The summed E-state index contributed by atoms with van der Waals surface area (Å²) in [6.07, 6.45) is 1.80. The van der Waals surface area contributed by atoms with Gasteiger partial charge in [-0.3, -0.25) is 4.79 Å². The average Bonchev–Trinajstić information content (AvgIpc) is 3.10. The molecule has 0 amide bonds. The molecule has 156 valence electrons. The zero-order valence-electron chi connectivity index (χ0n) is 16.7. The number of hydrogen-bond donors (Lipinski definition) is 0. The van der Waals surface area contributed by atoms with Gasteiger partial charge in [-0.1, -0.05) is 24.6 Å². The molecule has 0 aliphatic carbocycles. The summed E-state index contributed by atoms with van der Waals surface area (Å²) in [6, 6.07) is 9.90. The van der Waals surface area contributed by atoms with E-state index in [-0.39, 0.29) is 24.0 Å². The maximum absolute atomic E-state index is 12.3. The second-order valence-corrected chi connectivity index (χ2v) is 6.58. The number of carbonyl (C=O) groups excluding carboxylic acids is 2. The van der Waals surface area contributed by atoms with Gasteiger partial charge in [-0.05, 0) is 48.9 Å². The summed E-state index contributed by atoms with van der Waals surface area (Å²) >= 11 is 6.05. The van der Waals surface area contributed by atoms with Gasteiger partial charge in [-0.15, -0.1) is 0 Å². The van der Waals surface area contributed by atoms with Crippen LogP contribution < -0.4 is 14.2 Å². The molecule has 3 rings (SSSR count). The molecule has 1 aliphatic heterocycles. The van der Waals surface area contributed by atoms with Gasteiger partial charge in [0.15, 0.2) is 17.2 Å². The van der Waals surface area contributed by atoms with Crippen LogP contribution in [-0.4, -0.2) is 31.6 Å². The number of esters is 2. The number of carbonyl (C=O) groups is 2. The van der Waals surface area contributed by atoms with Crippen molar-refractivity contribution < 1.29 is 28.5 Å². The highest BCUT2D eigenvalue weighted by Gasteiger charge is 2.26. The molecule has 0 fully saturated rings. The van der Waals surface area contributed by atoms with Crippen LogP contribution in [0.4, 0.5) is 0 Å². The molecule has 0 spiro atoms. The van der Waals surface area contributed by atoms with Gasteiger partial charge >= 0.3 is 11.9 Å². The van der Waals surface area contributed by atoms with Crippen LogP contribution in [-0.2, 0) is 14.3 Å². The van der Waals surface area contributed by atoms with Gasteiger partial charge < -0.3 is 18.9 Å². The Morgan fingerprint density at radius 2 is 1.90 bits per heavy atom. The van der Waals surface area contributed by atoms with Crippen LogP contribution in [0.25, 0.3) is 6.08 Å². The maximum Gasteiger partial charge on any atom is 0.363 e. The molecule has 8 heteroatoms. The van der Waals surface area contributed by atoms with E-state index in [0.29, 0.717) is 40.0 Å². The molecule has 1 aliphatic rings. The molecular weight excluding hydrogens is 410 g/mol. The summed E-state index contributed by atoms with van der Waals surface area (Å²) in [4.78, 5) is 28.2. The lowest BCUT2D eigenvalue weighted by molar-refractivity contribution is -0.134. The van der Waals surface area contributed by atoms with Crippen LogP contribution in [0.3, 0.4) is 0 Å². The lowest BCUT2D eigenvalue weighted by atomic mass is 10.1. The minimum absolute atomic E-state index is 0.101. The molecule has 0 unspecified atom stereocenters. The van der Waals surface area contributed by atoms with Crippen molar-refractivity contribution in [2.45, 2.75) is 20.3 Å². The predicted molar refractivity (Wildman–Crippen MR) is 112 cm³/mol. The summed E-state index contributed by atoms with van der Waals surface area (Å²) in [7, 11) is 1.50. The molecule has 2 aromatic rings. The molecule has 7 nitrogen and oxygen atoms in total. The van der Waals surface area contributed by atoms with E-state index in [0.717, 1.165) is 0 Å². The monoisotopic (exact) mass is 429 g/mol. The Kier molecular flexibility index (Phi) is 6.74. The Bertz CT molecular complexity index is 1040. The molecule has 30 heavy (non-hydrogen) atoms. The van der Waals surface area contributed by atoms with E-state index in [1.54, 1.807) is 49.4 Å². The third-order valence-corrected chi connectivity index (χ3v) is 4.33. The van der Waals surface area contributed by atoms with Crippen molar-refractivity contribution in [3.8, 4) is 17.2 Å². The first kappa shape index (κ1) is 21.4. The van der Waals surface area contributed by atoms with Gasteiger partial charge in [-0.25, -0.2) is 9.79 Å². The third-order valence-electron chi connectivity index (χ3n) is 4.10. The van der Waals surface area contributed by atoms with Crippen molar-refractivity contribution in [2.24, 2.45) is 4.99 Å². The number of halogens is 1. The van der Waals surface area contributed by atoms with Gasteiger partial charge in [0, 0.05) is 11.4 Å². The highest BCUT2D eigenvalue weighted by Crippen LogP contribution is 2.31. The fourth-order valence-corrected chi connectivity index (χ4v) is 2.86. The molecule has 0 aromatic heterocycles. The van der Waals surface area contributed by atoms with Crippen molar-refractivity contribution in [1.82, 2.24) is 0 Å². The van der Waals surface area contributed by atoms with Crippen LogP contribution in [0, 0.1) is 0 Å². The van der Waals surface area contributed by atoms with Crippen molar-refractivity contribution in [3.63, 3.8) is 0 Å². The normalized spacial score (nSPS) is 14.3. The fourth-order valence-electron chi connectivity index (χ4n) is 2.69. The SMILES string of the molecule is CCOc1cc(/C=C2\N=C(c3cc(Cl)ccc3OC)OC2=O)ccc1OC(=O)CC.